The maximum atomic E-state index is 13.6. The Balaban J connectivity index is 1.52. The molecule has 0 spiro atoms. The Morgan fingerprint density at radius 3 is 2.71 bits per heavy atom. The molecule has 1 atom stereocenters. The Morgan fingerprint density at radius 1 is 1.10 bits per heavy atom. The smallest absolute Gasteiger partial charge is 0.271 e. The number of rotatable bonds is 4. The third kappa shape index (κ3) is 4.66. The van der Waals surface area contributed by atoms with Crippen molar-refractivity contribution in [2.45, 2.75) is 26.7 Å². The van der Waals surface area contributed by atoms with Gasteiger partial charge in [0.1, 0.15) is 11.6 Å². The molecule has 0 unspecified atom stereocenters. The Hall–Kier alpha value is -3.48. The number of amides is 1. The van der Waals surface area contributed by atoms with E-state index in [0.717, 1.165) is 30.6 Å². The zero-order valence-electron chi connectivity index (χ0n) is 17.6. The van der Waals surface area contributed by atoms with Crippen LogP contribution in [0.25, 0.3) is 5.69 Å². The molecule has 2 aromatic carbocycles. The van der Waals surface area contributed by atoms with Gasteiger partial charge in [-0.1, -0.05) is 12.1 Å². The van der Waals surface area contributed by atoms with Crippen LogP contribution in [0, 0.1) is 25.6 Å². The number of aromatic nitrogens is 2. The number of benzene rings is 2. The van der Waals surface area contributed by atoms with Gasteiger partial charge in [0.2, 0.25) is 5.91 Å². The van der Waals surface area contributed by atoms with Crippen LogP contribution >= 0.6 is 0 Å². The molecule has 7 heteroatoms. The first-order valence-electron chi connectivity index (χ1n) is 10.4. The summed E-state index contributed by atoms with van der Waals surface area (Å²) >= 11 is 0. The van der Waals surface area contributed by atoms with Crippen LogP contribution in [-0.4, -0.2) is 28.8 Å². The van der Waals surface area contributed by atoms with Crippen molar-refractivity contribution in [1.29, 1.82) is 0 Å². The van der Waals surface area contributed by atoms with Gasteiger partial charge in [-0.05, 0) is 74.2 Å². The molecule has 1 amide bonds. The van der Waals surface area contributed by atoms with Gasteiger partial charge in [-0.25, -0.2) is 4.39 Å². The average molecular weight is 420 g/mol. The number of piperidine rings is 1. The largest absolute Gasteiger partial charge is 0.354 e. The molecule has 1 N–H and O–H groups in total. The fraction of sp³-hybridized carbons (Fsp3) is 0.292. The van der Waals surface area contributed by atoms with Crippen LogP contribution < -0.4 is 15.8 Å². The van der Waals surface area contributed by atoms with Crippen LogP contribution in [0.4, 0.5) is 15.9 Å². The number of carbonyl (C=O) groups excluding carboxylic acids is 1. The summed E-state index contributed by atoms with van der Waals surface area (Å²) in [6.07, 6.45) is 1.63. The highest BCUT2D eigenvalue weighted by Gasteiger charge is 2.27. The highest BCUT2D eigenvalue weighted by molar-refractivity contribution is 5.93. The van der Waals surface area contributed by atoms with Crippen molar-refractivity contribution < 1.29 is 9.18 Å². The summed E-state index contributed by atoms with van der Waals surface area (Å²) in [5.41, 5.74) is 3.14. The third-order valence-electron chi connectivity index (χ3n) is 5.73. The molecule has 2 heterocycles. The van der Waals surface area contributed by atoms with E-state index in [0.29, 0.717) is 18.1 Å². The van der Waals surface area contributed by atoms with Gasteiger partial charge in [-0.2, -0.15) is 4.68 Å². The Bertz CT molecular complexity index is 1170. The molecule has 1 saturated heterocycles. The molecule has 160 valence electrons. The predicted octanol–water partition coefficient (Wildman–Crippen LogP) is 3.84. The standard InChI is InChI=1S/C24H25FN4O2/c1-16-8-9-20(13-17(16)2)26-24(31)18-5-4-12-28(15-18)22-10-11-23(30)29(27-22)21-7-3-6-19(25)14-21/h3,6-11,13-14,18H,4-5,12,15H2,1-2H3,(H,26,31)/t18-/m1/s1. The van der Waals surface area contributed by atoms with Gasteiger partial charge >= 0.3 is 0 Å². The minimum atomic E-state index is -0.433. The van der Waals surface area contributed by atoms with E-state index in [2.05, 4.69) is 10.4 Å². The Kier molecular flexibility index (Phi) is 5.84. The average Bonchev–Trinajstić information content (AvgIpc) is 2.77. The zero-order valence-corrected chi connectivity index (χ0v) is 17.6. The van der Waals surface area contributed by atoms with Crippen molar-refractivity contribution in [2.24, 2.45) is 5.92 Å². The Labute approximate surface area is 180 Å². The molecule has 31 heavy (non-hydrogen) atoms. The van der Waals surface area contributed by atoms with E-state index < -0.39 is 5.82 Å². The van der Waals surface area contributed by atoms with Crippen LogP contribution in [0.2, 0.25) is 0 Å². The zero-order chi connectivity index (χ0) is 22.0. The van der Waals surface area contributed by atoms with Crippen LogP contribution in [-0.2, 0) is 4.79 Å². The molecule has 3 aromatic rings. The lowest BCUT2D eigenvalue weighted by Gasteiger charge is -2.33. The second-order valence-electron chi connectivity index (χ2n) is 7.99. The van der Waals surface area contributed by atoms with E-state index >= 15 is 0 Å². The molecule has 4 rings (SSSR count). The number of anilines is 2. The lowest BCUT2D eigenvalue weighted by atomic mass is 9.97. The van der Waals surface area contributed by atoms with Gasteiger partial charge in [-0.15, -0.1) is 5.10 Å². The summed E-state index contributed by atoms with van der Waals surface area (Å²) in [6.45, 7) is 5.30. The molecule has 0 radical (unpaired) electrons. The molecule has 1 aliphatic heterocycles. The maximum Gasteiger partial charge on any atom is 0.271 e. The summed E-state index contributed by atoms with van der Waals surface area (Å²) in [7, 11) is 0. The van der Waals surface area contributed by atoms with Crippen LogP contribution in [0.1, 0.15) is 24.0 Å². The topological polar surface area (TPSA) is 67.2 Å². The monoisotopic (exact) mass is 420 g/mol. The van der Waals surface area contributed by atoms with Crippen molar-refractivity contribution in [3.63, 3.8) is 0 Å². The van der Waals surface area contributed by atoms with E-state index in [4.69, 9.17) is 0 Å². The summed E-state index contributed by atoms with van der Waals surface area (Å²) in [4.78, 5) is 27.2. The molecule has 6 nitrogen and oxygen atoms in total. The van der Waals surface area contributed by atoms with Gasteiger partial charge < -0.3 is 10.2 Å². The normalized spacial score (nSPS) is 16.2. The first-order valence-corrected chi connectivity index (χ1v) is 10.4. The second kappa shape index (κ2) is 8.71. The number of hydrogen-bond acceptors (Lipinski definition) is 4. The highest BCUT2D eigenvalue weighted by atomic mass is 19.1. The number of halogens is 1. The lowest BCUT2D eigenvalue weighted by molar-refractivity contribution is -0.120. The number of nitrogens with zero attached hydrogens (tertiary/aromatic N) is 3. The summed E-state index contributed by atoms with van der Waals surface area (Å²) < 4.78 is 14.8. The summed E-state index contributed by atoms with van der Waals surface area (Å²) in [5.74, 6) is -0.0525. The molecular weight excluding hydrogens is 395 g/mol. The van der Waals surface area contributed by atoms with Crippen molar-refractivity contribution in [1.82, 2.24) is 9.78 Å². The van der Waals surface area contributed by atoms with E-state index in [-0.39, 0.29) is 17.4 Å². The number of carbonyl (C=O) groups is 1. The summed E-state index contributed by atoms with van der Waals surface area (Å²) in [6, 6.07) is 14.7. The van der Waals surface area contributed by atoms with Crippen molar-refractivity contribution >= 4 is 17.4 Å². The molecule has 1 aliphatic rings. The summed E-state index contributed by atoms with van der Waals surface area (Å²) in [5, 5.41) is 7.46. The van der Waals surface area contributed by atoms with Crippen LogP contribution in [0.3, 0.4) is 0 Å². The fourth-order valence-electron chi connectivity index (χ4n) is 3.83. The third-order valence-corrected chi connectivity index (χ3v) is 5.73. The Morgan fingerprint density at radius 2 is 1.94 bits per heavy atom. The van der Waals surface area contributed by atoms with E-state index in [1.165, 1.54) is 28.4 Å². The molecule has 1 aromatic heterocycles. The molecular formula is C24H25FN4O2. The van der Waals surface area contributed by atoms with Gasteiger partial charge in [0.25, 0.3) is 5.56 Å². The SMILES string of the molecule is Cc1ccc(NC(=O)[C@@H]2CCCN(c3ccc(=O)n(-c4cccc(F)c4)n3)C2)cc1C. The van der Waals surface area contributed by atoms with Gasteiger partial charge in [0, 0.05) is 24.8 Å². The first kappa shape index (κ1) is 20.8. The van der Waals surface area contributed by atoms with Crippen LogP contribution in [0.15, 0.2) is 59.4 Å². The number of aryl methyl sites for hydroxylation is 2. The van der Waals surface area contributed by atoms with E-state index in [9.17, 15) is 14.0 Å². The molecule has 0 bridgehead atoms. The van der Waals surface area contributed by atoms with Crippen molar-refractivity contribution in [3.05, 3.63) is 81.9 Å². The quantitative estimate of drug-likeness (QED) is 0.696. The molecule has 0 saturated carbocycles. The maximum absolute atomic E-state index is 13.6. The lowest BCUT2D eigenvalue weighted by Crippen LogP contribution is -2.41. The fourth-order valence-corrected chi connectivity index (χ4v) is 3.83. The minimum absolute atomic E-state index is 0.0218. The van der Waals surface area contributed by atoms with Crippen molar-refractivity contribution in [2.75, 3.05) is 23.3 Å². The minimum Gasteiger partial charge on any atom is -0.354 e. The number of nitrogens with one attached hydrogen (secondary N) is 1. The molecule has 1 fully saturated rings. The second-order valence-corrected chi connectivity index (χ2v) is 7.99. The first-order chi connectivity index (χ1) is 14.9. The highest BCUT2D eigenvalue weighted by Crippen LogP contribution is 2.23. The van der Waals surface area contributed by atoms with E-state index in [1.54, 1.807) is 18.2 Å². The van der Waals surface area contributed by atoms with Crippen LogP contribution in [0.5, 0.6) is 0 Å². The predicted molar refractivity (Wildman–Crippen MR) is 119 cm³/mol. The van der Waals surface area contributed by atoms with Gasteiger partial charge in [-0.3, -0.25) is 9.59 Å². The van der Waals surface area contributed by atoms with E-state index in [1.807, 2.05) is 36.9 Å². The van der Waals surface area contributed by atoms with Gasteiger partial charge in [0.15, 0.2) is 0 Å². The van der Waals surface area contributed by atoms with Crippen molar-refractivity contribution in [3.8, 4) is 5.69 Å². The number of hydrogen-bond donors (Lipinski definition) is 1. The molecule has 0 aliphatic carbocycles. The van der Waals surface area contributed by atoms with Gasteiger partial charge in [0.05, 0.1) is 11.6 Å².